The number of carbonyl (C=O) groups is 2. The number of ether oxygens (including phenoxy) is 1. The van der Waals surface area contributed by atoms with Crippen LogP contribution in [-0.4, -0.2) is 22.8 Å². The number of hydrogen-bond acceptors (Lipinski definition) is 3. The topological polar surface area (TPSA) is 58.6 Å². The molecule has 7 heteroatoms. The van der Waals surface area contributed by atoms with Crippen molar-refractivity contribution in [1.82, 2.24) is 4.90 Å². The number of anilines is 1. The lowest BCUT2D eigenvalue weighted by Crippen LogP contribution is -2.38. The largest absolute Gasteiger partial charge is 0.480 e. The molecule has 32 heavy (non-hydrogen) atoms. The maximum Gasteiger partial charge on any atom is 0.264 e. The van der Waals surface area contributed by atoms with Crippen LogP contribution >= 0.6 is 23.2 Å². The van der Waals surface area contributed by atoms with Crippen molar-refractivity contribution in [2.45, 2.75) is 32.5 Å². The maximum absolute atomic E-state index is 13.1. The molecule has 1 N–H and O–H groups in total. The van der Waals surface area contributed by atoms with E-state index in [4.69, 9.17) is 27.9 Å². The molecule has 3 aromatic rings. The summed E-state index contributed by atoms with van der Waals surface area (Å²) in [6.07, 6.45) is 0.00261. The smallest absolute Gasteiger partial charge is 0.264 e. The summed E-state index contributed by atoms with van der Waals surface area (Å²) in [6, 6.07) is 19.6. The summed E-state index contributed by atoms with van der Waals surface area (Å²) in [5, 5.41) is 4.12. The van der Waals surface area contributed by atoms with Gasteiger partial charge in [-0.05, 0) is 66.6 Å². The molecule has 0 aromatic heterocycles. The average molecular weight is 469 g/mol. The molecule has 0 aliphatic carbocycles. The second-order valence-corrected chi connectivity index (χ2v) is 8.49. The van der Waals surface area contributed by atoms with Crippen LogP contribution in [0.15, 0.2) is 66.7 Å². The van der Waals surface area contributed by atoms with Gasteiger partial charge in [-0.15, -0.1) is 0 Å². The van der Waals surface area contributed by atoms with Gasteiger partial charge in [0, 0.05) is 39.9 Å². The number of nitrogens with one attached hydrogen (secondary N) is 1. The van der Waals surface area contributed by atoms with Crippen LogP contribution in [0.3, 0.4) is 0 Å². The number of amides is 2. The van der Waals surface area contributed by atoms with E-state index in [1.165, 1.54) is 0 Å². The first kappa shape index (κ1) is 22.2. The zero-order chi connectivity index (χ0) is 22.7. The Morgan fingerprint density at radius 2 is 1.69 bits per heavy atom. The molecule has 5 nitrogen and oxygen atoms in total. The predicted octanol–water partition coefficient (Wildman–Crippen LogP) is 5.95. The lowest BCUT2D eigenvalue weighted by molar-refractivity contribution is -0.139. The molecule has 1 atom stereocenters. The molecular weight excluding hydrogens is 447 g/mol. The van der Waals surface area contributed by atoms with Crippen molar-refractivity contribution in [1.29, 1.82) is 0 Å². The molecular formula is C25H22Cl2N2O3. The van der Waals surface area contributed by atoms with Gasteiger partial charge in [0.2, 0.25) is 0 Å². The predicted molar refractivity (Wildman–Crippen MR) is 126 cm³/mol. The summed E-state index contributed by atoms with van der Waals surface area (Å²) in [7, 11) is 0. The lowest BCUT2D eigenvalue weighted by Gasteiger charge is -2.23. The second-order valence-electron chi connectivity index (χ2n) is 7.62. The van der Waals surface area contributed by atoms with Gasteiger partial charge in [0.1, 0.15) is 5.75 Å². The maximum atomic E-state index is 13.1. The summed E-state index contributed by atoms with van der Waals surface area (Å²) in [6.45, 7) is 2.74. The molecule has 4 rings (SSSR count). The third-order valence-corrected chi connectivity index (χ3v) is 5.80. The number of nitrogens with zero attached hydrogens (tertiary/aromatic N) is 1. The van der Waals surface area contributed by atoms with Crippen LogP contribution in [0.5, 0.6) is 5.75 Å². The van der Waals surface area contributed by atoms with Gasteiger partial charge in [0.05, 0.1) is 0 Å². The van der Waals surface area contributed by atoms with E-state index in [0.29, 0.717) is 46.6 Å². The Kier molecular flexibility index (Phi) is 6.68. The number of hydrogen-bond donors (Lipinski definition) is 1. The SMILES string of the molecule is CC[C@@H]1Oc2ccc(NC(=O)c3ccc(Cl)cc3)cc2CN(Cc2ccc(Cl)cc2)C1=O. The Balaban J connectivity index is 1.57. The lowest BCUT2D eigenvalue weighted by atomic mass is 10.1. The number of rotatable bonds is 5. The van der Waals surface area contributed by atoms with Gasteiger partial charge in [0.15, 0.2) is 6.10 Å². The highest BCUT2D eigenvalue weighted by Gasteiger charge is 2.30. The average Bonchev–Trinajstić information content (AvgIpc) is 2.92. The summed E-state index contributed by atoms with van der Waals surface area (Å²) in [5.41, 5.74) is 2.94. The summed E-state index contributed by atoms with van der Waals surface area (Å²) in [4.78, 5) is 27.4. The molecule has 0 spiro atoms. The Morgan fingerprint density at radius 3 is 2.34 bits per heavy atom. The van der Waals surface area contributed by atoms with Crippen molar-refractivity contribution < 1.29 is 14.3 Å². The van der Waals surface area contributed by atoms with Crippen LogP contribution in [0, 0.1) is 0 Å². The number of carbonyl (C=O) groups excluding carboxylic acids is 2. The van der Waals surface area contributed by atoms with Crippen molar-refractivity contribution in [3.05, 3.63) is 93.5 Å². The highest BCUT2D eigenvalue weighted by molar-refractivity contribution is 6.30. The normalized spacial score (nSPS) is 15.5. The monoisotopic (exact) mass is 468 g/mol. The van der Waals surface area contributed by atoms with Crippen molar-refractivity contribution >= 4 is 40.7 Å². The molecule has 0 unspecified atom stereocenters. The van der Waals surface area contributed by atoms with Crippen molar-refractivity contribution in [2.75, 3.05) is 5.32 Å². The number of benzene rings is 3. The third kappa shape index (κ3) is 5.06. The van der Waals surface area contributed by atoms with E-state index in [-0.39, 0.29) is 11.8 Å². The van der Waals surface area contributed by atoms with Gasteiger partial charge in [-0.25, -0.2) is 0 Å². The summed E-state index contributed by atoms with van der Waals surface area (Å²) in [5.74, 6) is 0.343. The highest BCUT2D eigenvalue weighted by atomic mass is 35.5. The fraction of sp³-hybridized carbons (Fsp3) is 0.200. The second kappa shape index (κ2) is 9.63. The van der Waals surface area contributed by atoms with Crippen LogP contribution in [-0.2, 0) is 17.9 Å². The van der Waals surface area contributed by atoms with Crippen LogP contribution in [0.2, 0.25) is 10.0 Å². The Morgan fingerprint density at radius 1 is 1.03 bits per heavy atom. The Bertz CT molecular complexity index is 1130. The van der Waals surface area contributed by atoms with E-state index >= 15 is 0 Å². The minimum absolute atomic E-state index is 0.0644. The molecule has 1 aliphatic rings. The van der Waals surface area contributed by atoms with Gasteiger partial charge in [0.25, 0.3) is 11.8 Å². The van der Waals surface area contributed by atoms with E-state index in [1.807, 2.05) is 37.3 Å². The zero-order valence-electron chi connectivity index (χ0n) is 17.5. The molecule has 0 saturated carbocycles. The minimum Gasteiger partial charge on any atom is -0.480 e. The highest BCUT2D eigenvalue weighted by Crippen LogP contribution is 2.30. The first-order chi connectivity index (χ1) is 15.4. The van der Waals surface area contributed by atoms with Gasteiger partial charge >= 0.3 is 0 Å². The molecule has 0 saturated heterocycles. The number of halogens is 2. The van der Waals surface area contributed by atoms with Gasteiger partial charge in [-0.2, -0.15) is 0 Å². The minimum atomic E-state index is -0.557. The quantitative estimate of drug-likeness (QED) is 0.503. The summed E-state index contributed by atoms with van der Waals surface area (Å²) >= 11 is 11.9. The van der Waals surface area contributed by atoms with Gasteiger partial charge in [-0.1, -0.05) is 42.3 Å². The van der Waals surface area contributed by atoms with E-state index in [1.54, 1.807) is 41.3 Å². The van der Waals surface area contributed by atoms with E-state index in [9.17, 15) is 9.59 Å². The Labute approximate surface area is 196 Å². The fourth-order valence-corrected chi connectivity index (χ4v) is 3.85. The summed E-state index contributed by atoms with van der Waals surface area (Å²) < 4.78 is 6.02. The molecule has 2 amide bonds. The third-order valence-electron chi connectivity index (χ3n) is 5.30. The Hall–Kier alpha value is -3.02. The van der Waals surface area contributed by atoms with Crippen LogP contribution in [0.1, 0.15) is 34.8 Å². The molecule has 0 radical (unpaired) electrons. The molecule has 1 heterocycles. The molecule has 3 aromatic carbocycles. The molecule has 164 valence electrons. The molecule has 0 fully saturated rings. The molecule has 1 aliphatic heterocycles. The first-order valence-electron chi connectivity index (χ1n) is 10.3. The van der Waals surface area contributed by atoms with Crippen molar-refractivity contribution in [3.63, 3.8) is 0 Å². The first-order valence-corrected chi connectivity index (χ1v) is 11.1. The van der Waals surface area contributed by atoms with Crippen LogP contribution < -0.4 is 10.1 Å². The standard InChI is InChI=1S/C25H22Cl2N2O3/c1-2-22-25(31)29(14-16-3-7-19(26)8-4-16)15-18-13-21(11-12-23(18)32-22)28-24(30)17-5-9-20(27)10-6-17/h3-13,22H,2,14-15H2,1H3,(H,28,30)/t22-/m0/s1. The van der Waals surface area contributed by atoms with Crippen molar-refractivity contribution in [3.8, 4) is 5.75 Å². The van der Waals surface area contributed by atoms with Crippen LogP contribution in [0.25, 0.3) is 0 Å². The molecule has 0 bridgehead atoms. The fourth-order valence-electron chi connectivity index (χ4n) is 3.59. The van der Waals surface area contributed by atoms with Gasteiger partial charge < -0.3 is 15.0 Å². The van der Waals surface area contributed by atoms with Gasteiger partial charge in [-0.3, -0.25) is 9.59 Å². The van der Waals surface area contributed by atoms with E-state index < -0.39 is 6.10 Å². The van der Waals surface area contributed by atoms with E-state index in [0.717, 1.165) is 11.1 Å². The van der Waals surface area contributed by atoms with Crippen LogP contribution in [0.4, 0.5) is 5.69 Å². The number of fused-ring (bicyclic) bond motifs is 1. The zero-order valence-corrected chi connectivity index (χ0v) is 19.0. The van der Waals surface area contributed by atoms with E-state index in [2.05, 4.69) is 5.32 Å². The van der Waals surface area contributed by atoms with Crippen molar-refractivity contribution in [2.24, 2.45) is 0 Å².